The van der Waals surface area contributed by atoms with E-state index in [2.05, 4.69) is 4.98 Å². The zero-order valence-electron chi connectivity index (χ0n) is 10.6. The number of benzene rings is 2. The van der Waals surface area contributed by atoms with Gasteiger partial charge in [0.15, 0.2) is 0 Å². The highest BCUT2D eigenvalue weighted by Crippen LogP contribution is 2.30. The Morgan fingerprint density at radius 2 is 1.90 bits per heavy atom. The van der Waals surface area contributed by atoms with E-state index in [-0.39, 0.29) is 0 Å². The first-order chi connectivity index (χ1) is 9.60. The van der Waals surface area contributed by atoms with Crippen LogP contribution in [0.5, 0.6) is 5.75 Å². The first kappa shape index (κ1) is 13.1. The summed E-state index contributed by atoms with van der Waals surface area (Å²) in [5.74, 6) is 1.12. The predicted octanol–water partition coefficient (Wildman–Crippen LogP) is 3.92. The van der Waals surface area contributed by atoms with Crippen LogP contribution in [0.4, 0.5) is 5.95 Å². The first-order valence-corrected chi connectivity index (χ1v) is 6.63. The van der Waals surface area contributed by atoms with E-state index in [1.165, 1.54) is 0 Å². The Morgan fingerprint density at radius 1 is 1.10 bits per heavy atom. The molecule has 4 nitrogen and oxygen atoms in total. The minimum Gasteiger partial charge on any atom is -0.497 e. The van der Waals surface area contributed by atoms with Gasteiger partial charge in [0.05, 0.1) is 33.9 Å². The molecule has 0 atom stereocenters. The van der Waals surface area contributed by atoms with Crippen molar-refractivity contribution < 1.29 is 4.74 Å². The van der Waals surface area contributed by atoms with Crippen LogP contribution in [0.2, 0.25) is 10.0 Å². The van der Waals surface area contributed by atoms with Gasteiger partial charge >= 0.3 is 0 Å². The van der Waals surface area contributed by atoms with Gasteiger partial charge < -0.3 is 10.5 Å². The molecule has 1 heterocycles. The zero-order valence-corrected chi connectivity index (χ0v) is 12.1. The summed E-state index contributed by atoms with van der Waals surface area (Å²) in [6, 6.07) is 10.9. The van der Waals surface area contributed by atoms with Crippen LogP contribution in [0.25, 0.3) is 16.7 Å². The normalized spacial score (nSPS) is 10.9. The Labute approximate surface area is 125 Å². The number of aromatic nitrogens is 2. The third-order valence-electron chi connectivity index (χ3n) is 3.05. The van der Waals surface area contributed by atoms with Gasteiger partial charge in [-0.05, 0) is 30.3 Å². The van der Waals surface area contributed by atoms with Gasteiger partial charge in [0.25, 0.3) is 0 Å². The van der Waals surface area contributed by atoms with E-state index < -0.39 is 0 Å². The van der Waals surface area contributed by atoms with Crippen LogP contribution in [0.1, 0.15) is 0 Å². The second-order valence-electron chi connectivity index (χ2n) is 4.26. The van der Waals surface area contributed by atoms with Gasteiger partial charge in [0.2, 0.25) is 5.95 Å². The zero-order chi connectivity index (χ0) is 14.3. The highest BCUT2D eigenvalue weighted by atomic mass is 35.5. The highest BCUT2D eigenvalue weighted by molar-refractivity contribution is 6.42. The number of anilines is 1. The SMILES string of the molecule is COc1ccc2nc(N)n(-c3ccc(Cl)c(Cl)c3)c2c1. The molecule has 102 valence electrons. The smallest absolute Gasteiger partial charge is 0.205 e. The molecule has 0 saturated carbocycles. The number of hydrogen-bond donors (Lipinski definition) is 1. The number of halogens is 2. The number of methoxy groups -OCH3 is 1. The maximum Gasteiger partial charge on any atom is 0.205 e. The summed E-state index contributed by atoms with van der Waals surface area (Å²) in [6.07, 6.45) is 0. The summed E-state index contributed by atoms with van der Waals surface area (Å²) in [7, 11) is 1.62. The van der Waals surface area contributed by atoms with Crippen LogP contribution in [0.15, 0.2) is 36.4 Å². The third-order valence-corrected chi connectivity index (χ3v) is 3.79. The van der Waals surface area contributed by atoms with Gasteiger partial charge in [-0.25, -0.2) is 4.98 Å². The van der Waals surface area contributed by atoms with Crippen molar-refractivity contribution in [2.75, 3.05) is 12.8 Å². The number of nitrogens with two attached hydrogens (primary N) is 1. The number of hydrogen-bond acceptors (Lipinski definition) is 3. The number of fused-ring (bicyclic) bond motifs is 1. The molecule has 6 heteroatoms. The topological polar surface area (TPSA) is 53.1 Å². The van der Waals surface area contributed by atoms with Crippen molar-refractivity contribution in [3.63, 3.8) is 0 Å². The van der Waals surface area contributed by atoms with Gasteiger partial charge in [-0.2, -0.15) is 0 Å². The van der Waals surface area contributed by atoms with E-state index >= 15 is 0 Å². The summed E-state index contributed by atoms with van der Waals surface area (Å²) < 4.78 is 7.04. The van der Waals surface area contributed by atoms with Crippen molar-refractivity contribution in [1.29, 1.82) is 0 Å². The molecule has 0 spiro atoms. The fourth-order valence-electron chi connectivity index (χ4n) is 2.10. The lowest BCUT2D eigenvalue weighted by Crippen LogP contribution is -2.00. The van der Waals surface area contributed by atoms with Crippen LogP contribution in [0.3, 0.4) is 0 Å². The molecule has 0 aliphatic heterocycles. The van der Waals surface area contributed by atoms with E-state index in [0.717, 1.165) is 22.5 Å². The molecule has 0 fully saturated rings. The quantitative estimate of drug-likeness (QED) is 0.780. The monoisotopic (exact) mass is 307 g/mol. The lowest BCUT2D eigenvalue weighted by atomic mass is 10.2. The van der Waals surface area contributed by atoms with Gasteiger partial charge in [-0.15, -0.1) is 0 Å². The van der Waals surface area contributed by atoms with Crippen LogP contribution in [0, 0.1) is 0 Å². The molecular formula is C14H11Cl2N3O. The van der Waals surface area contributed by atoms with Crippen molar-refractivity contribution in [3.8, 4) is 11.4 Å². The largest absolute Gasteiger partial charge is 0.497 e. The lowest BCUT2D eigenvalue weighted by molar-refractivity contribution is 0.415. The Bertz CT molecular complexity index is 798. The predicted molar refractivity (Wildman–Crippen MR) is 82.1 cm³/mol. The standard InChI is InChI=1S/C14H11Cl2N3O/c1-20-9-3-5-12-13(7-9)19(14(17)18-12)8-2-4-10(15)11(16)6-8/h2-7H,1H3,(H2,17,18). The molecule has 3 aromatic rings. The van der Waals surface area contributed by atoms with Gasteiger partial charge in [0.1, 0.15) is 5.75 Å². The molecule has 2 aromatic carbocycles. The molecule has 20 heavy (non-hydrogen) atoms. The van der Waals surface area contributed by atoms with Crippen molar-refractivity contribution >= 4 is 40.2 Å². The van der Waals surface area contributed by atoms with E-state index in [1.807, 2.05) is 24.3 Å². The van der Waals surface area contributed by atoms with E-state index in [9.17, 15) is 0 Å². The van der Waals surface area contributed by atoms with Crippen molar-refractivity contribution in [1.82, 2.24) is 9.55 Å². The highest BCUT2D eigenvalue weighted by Gasteiger charge is 2.12. The number of ether oxygens (including phenoxy) is 1. The van der Waals surface area contributed by atoms with Crippen LogP contribution >= 0.6 is 23.2 Å². The molecule has 0 aliphatic carbocycles. The molecule has 3 rings (SSSR count). The summed E-state index contributed by atoms with van der Waals surface area (Å²) in [4.78, 5) is 4.33. The maximum atomic E-state index is 6.06. The average molecular weight is 308 g/mol. The molecule has 0 radical (unpaired) electrons. The summed E-state index contributed by atoms with van der Waals surface area (Å²) in [5, 5.41) is 0.962. The van der Waals surface area contributed by atoms with Gasteiger partial charge in [-0.3, -0.25) is 4.57 Å². The Hall–Kier alpha value is -1.91. The first-order valence-electron chi connectivity index (χ1n) is 5.87. The summed E-state index contributed by atoms with van der Waals surface area (Å²) in [5.41, 5.74) is 8.43. The molecular weight excluding hydrogens is 297 g/mol. The number of nitrogens with zero attached hydrogens (tertiary/aromatic N) is 2. The molecule has 0 aliphatic rings. The number of imidazole rings is 1. The van der Waals surface area contributed by atoms with E-state index in [1.54, 1.807) is 23.8 Å². The van der Waals surface area contributed by atoms with Crippen LogP contribution < -0.4 is 10.5 Å². The molecule has 1 aromatic heterocycles. The molecule has 0 bridgehead atoms. The summed E-state index contributed by atoms with van der Waals surface area (Å²) >= 11 is 12.0. The van der Waals surface area contributed by atoms with E-state index in [4.69, 9.17) is 33.7 Å². The Balaban J connectivity index is 2.28. The molecule has 0 saturated heterocycles. The fourth-order valence-corrected chi connectivity index (χ4v) is 2.39. The second-order valence-corrected chi connectivity index (χ2v) is 5.07. The number of nitrogen functional groups attached to an aromatic ring is 1. The second kappa shape index (κ2) is 4.89. The average Bonchev–Trinajstić information content (AvgIpc) is 2.77. The molecule has 0 amide bonds. The van der Waals surface area contributed by atoms with Gasteiger partial charge in [-0.1, -0.05) is 23.2 Å². The van der Waals surface area contributed by atoms with Crippen molar-refractivity contribution in [3.05, 3.63) is 46.4 Å². The Morgan fingerprint density at radius 3 is 2.60 bits per heavy atom. The fraction of sp³-hybridized carbons (Fsp3) is 0.0714. The van der Waals surface area contributed by atoms with Crippen molar-refractivity contribution in [2.24, 2.45) is 0 Å². The van der Waals surface area contributed by atoms with E-state index in [0.29, 0.717) is 16.0 Å². The molecule has 2 N–H and O–H groups in total. The summed E-state index contributed by atoms with van der Waals surface area (Å²) in [6.45, 7) is 0. The Kier molecular flexibility index (Phi) is 3.20. The van der Waals surface area contributed by atoms with Gasteiger partial charge in [0, 0.05) is 6.07 Å². The van der Waals surface area contributed by atoms with Crippen LogP contribution in [-0.4, -0.2) is 16.7 Å². The third kappa shape index (κ3) is 2.07. The minimum atomic E-state index is 0.381. The minimum absolute atomic E-state index is 0.381. The van der Waals surface area contributed by atoms with Crippen LogP contribution in [-0.2, 0) is 0 Å². The molecule has 0 unspecified atom stereocenters. The van der Waals surface area contributed by atoms with Crippen molar-refractivity contribution in [2.45, 2.75) is 0 Å². The lowest BCUT2D eigenvalue weighted by Gasteiger charge is -2.08. The number of rotatable bonds is 2. The maximum absolute atomic E-state index is 6.06.